The molecule has 0 radical (unpaired) electrons. The zero-order valence-electron chi connectivity index (χ0n) is 15.7. The van der Waals surface area contributed by atoms with Crippen molar-refractivity contribution in [1.29, 1.82) is 0 Å². The van der Waals surface area contributed by atoms with E-state index in [1.165, 1.54) is 6.92 Å². The Morgan fingerprint density at radius 2 is 1.74 bits per heavy atom. The van der Waals surface area contributed by atoms with Gasteiger partial charge in [-0.05, 0) is 40.2 Å². The average Bonchev–Trinajstić information content (AvgIpc) is 2.82. The molecule has 150 valence electrons. The molecule has 0 amide bonds. The Hall–Kier alpha value is -2.10. The fourth-order valence-corrected chi connectivity index (χ4v) is 3.82. The van der Waals surface area contributed by atoms with E-state index in [1.807, 2.05) is 0 Å². The molecule has 0 aliphatic heterocycles. The van der Waals surface area contributed by atoms with Crippen LogP contribution < -0.4 is 11.2 Å². The van der Waals surface area contributed by atoms with Crippen LogP contribution in [0.5, 0.6) is 0 Å². The van der Waals surface area contributed by atoms with E-state index >= 15 is 0 Å². The first kappa shape index (κ1) is 21.2. The Morgan fingerprint density at radius 3 is 2.22 bits per heavy atom. The van der Waals surface area contributed by atoms with E-state index in [1.54, 1.807) is 27.7 Å². The quantitative estimate of drug-likeness (QED) is 0.729. The van der Waals surface area contributed by atoms with Crippen LogP contribution in [-0.4, -0.2) is 26.9 Å². The Morgan fingerprint density at radius 1 is 1.15 bits per heavy atom. The molecule has 0 bridgehead atoms. The lowest BCUT2D eigenvalue weighted by Gasteiger charge is -2.19. The van der Waals surface area contributed by atoms with Crippen LogP contribution in [0, 0.1) is 6.92 Å². The highest BCUT2D eigenvalue weighted by Gasteiger charge is 2.30. The number of hydrogen-bond acceptors (Lipinski definition) is 5. The van der Waals surface area contributed by atoms with Gasteiger partial charge in [-0.25, -0.2) is 9.59 Å². The highest BCUT2D eigenvalue weighted by Crippen LogP contribution is 2.30. The topological polar surface area (TPSA) is 70.3 Å². The summed E-state index contributed by atoms with van der Waals surface area (Å²) in [6.07, 6.45) is -5.68. The third-order valence-electron chi connectivity index (χ3n) is 3.81. The first-order valence-corrected chi connectivity index (χ1v) is 9.15. The fourth-order valence-electron chi connectivity index (χ4n) is 2.63. The van der Waals surface area contributed by atoms with Crippen LogP contribution in [0.4, 0.5) is 13.2 Å². The predicted octanol–water partition coefficient (Wildman–Crippen LogP) is 3.46. The Kier molecular flexibility index (Phi) is 5.61. The second-order valence-corrected chi connectivity index (χ2v) is 8.09. The van der Waals surface area contributed by atoms with Crippen molar-refractivity contribution in [2.24, 2.45) is 0 Å². The number of esters is 1. The van der Waals surface area contributed by atoms with Gasteiger partial charge in [0, 0.05) is 13.1 Å². The molecular formula is C17H21F3N2O4S. The first-order valence-electron chi connectivity index (χ1n) is 8.33. The Balaban J connectivity index is 2.74. The zero-order valence-corrected chi connectivity index (χ0v) is 16.5. The molecule has 0 aliphatic rings. The number of rotatable bonds is 4. The summed E-state index contributed by atoms with van der Waals surface area (Å²) in [5.74, 6) is -0.682. The standard InChI is InChI=1S/C17H21F3N2O4S/c1-6-21-12(23)10-9(2)11(14(24)26-16(3,4)5)27-13(10)22(15(21)25)8-7-17(18,19)20/h6-8H2,1-5H3. The van der Waals surface area contributed by atoms with Crippen LogP contribution >= 0.6 is 11.3 Å². The number of nitrogens with zero attached hydrogens (tertiary/aromatic N) is 2. The number of halogens is 3. The number of thiophene rings is 1. The minimum absolute atomic E-state index is 0.0106. The van der Waals surface area contributed by atoms with E-state index in [9.17, 15) is 27.6 Å². The molecule has 10 heteroatoms. The molecule has 0 aromatic carbocycles. The predicted molar refractivity (Wildman–Crippen MR) is 96.6 cm³/mol. The first-order chi connectivity index (χ1) is 12.3. The van der Waals surface area contributed by atoms with Gasteiger partial charge in [0.25, 0.3) is 5.56 Å². The highest BCUT2D eigenvalue weighted by atomic mass is 32.1. The molecule has 6 nitrogen and oxygen atoms in total. The minimum atomic E-state index is -4.46. The van der Waals surface area contributed by atoms with Crippen LogP contribution in [-0.2, 0) is 17.8 Å². The lowest BCUT2D eigenvalue weighted by Crippen LogP contribution is -2.39. The summed E-state index contributed by atoms with van der Waals surface area (Å²) >= 11 is 0.805. The van der Waals surface area contributed by atoms with Crippen molar-refractivity contribution in [2.75, 3.05) is 0 Å². The van der Waals surface area contributed by atoms with Crippen molar-refractivity contribution < 1.29 is 22.7 Å². The van der Waals surface area contributed by atoms with Crippen molar-refractivity contribution in [3.05, 3.63) is 31.3 Å². The normalized spacial score (nSPS) is 12.6. The summed E-state index contributed by atoms with van der Waals surface area (Å²) in [6, 6.07) is 0. The fraction of sp³-hybridized carbons (Fsp3) is 0.588. The monoisotopic (exact) mass is 406 g/mol. The number of ether oxygens (including phenoxy) is 1. The van der Waals surface area contributed by atoms with Gasteiger partial charge in [0.1, 0.15) is 15.3 Å². The van der Waals surface area contributed by atoms with E-state index in [0.717, 1.165) is 20.5 Å². The number of aryl methyl sites for hydroxylation is 2. The van der Waals surface area contributed by atoms with Crippen LogP contribution in [0.3, 0.4) is 0 Å². The molecule has 0 unspecified atom stereocenters. The van der Waals surface area contributed by atoms with E-state index in [4.69, 9.17) is 4.74 Å². The third-order valence-corrected chi connectivity index (χ3v) is 5.11. The maximum atomic E-state index is 12.7. The van der Waals surface area contributed by atoms with Gasteiger partial charge in [-0.1, -0.05) is 0 Å². The van der Waals surface area contributed by atoms with Crippen LogP contribution in [0.1, 0.15) is 49.4 Å². The van der Waals surface area contributed by atoms with Crippen molar-refractivity contribution in [3.8, 4) is 0 Å². The van der Waals surface area contributed by atoms with Crippen molar-refractivity contribution >= 4 is 27.5 Å². The molecule has 0 saturated heterocycles. The second-order valence-electron chi connectivity index (χ2n) is 7.09. The maximum Gasteiger partial charge on any atom is 0.390 e. The minimum Gasteiger partial charge on any atom is -0.456 e. The number of hydrogen-bond donors (Lipinski definition) is 0. The summed E-state index contributed by atoms with van der Waals surface area (Å²) in [5.41, 5.74) is -1.92. The summed E-state index contributed by atoms with van der Waals surface area (Å²) in [6.45, 7) is 7.49. The van der Waals surface area contributed by atoms with Gasteiger partial charge >= 0.3 is 17.8 Å². The molecule has 0 spiro atoms. The smallest absolute Gasteiger partial charge is 0.390 e. The molecule has 0 N–H and O–H groups in total. The van der Waals surface area contributed by atoms with Crippen LogP contribution in [0.2, 0.25) is 0 Å². The largest absolute Gasteiger partial charge is 0.456 e. The zero-order chi connectivity index (χ0) is 20.7. The molecule has 0 atom stereocenters. The summed E-state index contributed by atoms with van der Waals surface area (Å²) < 4.78 is 45.1. The van der Waals surface area contributed by atoms with E-state index < -0.39 is 42.0 Å². The Bertz CT molecular complexity index is 993. The SMILES string of the molecule is CCn1c(=O)c2c(C)c(C(=O)OC(C)(C)C)sc2n(CCC(F)(F)F)c1=O. The number of alkyl halides is 3. The third kappa shape index (κ3) is 4.42. The number of carbonyl (C=O) groups excluding carboxylic acids is 1. The lowest BCUT2D eigenvalue weighted by molar-refractivity contribution is -0.136. The van der Waals surface area contributed by atoms with Crippen molar-refractivity contribution in [1.82, 2.24) is 9.13 Å². The van der Waals surface area contributed by atoms with E-state index in [2.05, 4.69) is 0 Å². The molecule has 2 heterocycles. The molecule has 2 rings (SSSR count). The van der Waals surface area contributed by atoms with Crippen molar-refractivity contribution in [3.63, 3.8) is 0 Å². The second kappa shape index (κ2) is 7.14. The van der Waals surface area contributed by atoms with Gasteiger partial charge in [0.2, 0.25) is 0 Å². The van der Waals surface area contributed by atoms with Gasteiger partial charge < -0.3 is 4.74 Å². The molecule has 27 heavy (non-hydrogen) atoms. The molecule has 2 aromatic rings. The average molecular weight is 406 g/mol. The lowest BCUT2D eigenvalue weighted by atomic mass is 10.2. The molecule has 0 fully saturated rings. The summed E-state index contributed by atoms with van der Waals surface area (Å²) in [4.78, 5) is 37.8. The molecule has 0 saturated carbocycles. The maximum absolute atomic E-state index is 12.7. The molecule has 0 aliphatic carbocycles. The van der Waals surface area contributed by atoms with Gasteiger partial charge in [0.15, 0.2) is 0 Å². The highest BCUT2D eigenvalue weighted by molar-refractivity contribution is 7.20. The van der Waals surface area contributed by atoms with Gasteiger partial charge in [0.05, 0.1) is 11.8 Å². The summed E-state index contributed by atoms with van der Waals surface area (Å²) in [5, 5.41) is 0.0736. The number of fused-ring (bicyclic) bond motifs is 1. The van der Waals surface area contributed by atoms with E-state index in [0.29, 0.717) is 5.56 Å². The van der Waals surface area contributed by atoms with Crippen molar-refractivity contribution in [2.45, 2.75) is 65.9 Å². The van der Waals surface area contributed by atoms with Gasteiger partial charge in [-0.15, -0.1) is 11.3 Å². The van der Waals surface area contributed by atoms with Gasteiger partial charge in [-0.2, -0.15) is 13.2 Å². The summed E-state index contributed by atoms with van der Waals surface area (Å²) in [7, 11) is 0. The number of aromatic nitrogens is 2. The molecule has 2 aromatic heterocycles. The molecular weight excluding hydrogens is 385 g/mol. The van der Waals surface area contributed by atoms with Crippen LogP contribution in [0.15, 0.2) is 9.59 Å². The van der Waals surface area contributed by atoms with E-state index in [-0.39, 0.29) is 21.6 Å². The van der Waals surface area contributed by atoms with Crippen LogP contribution in [0.25, 0.3) is 10.2 Å². The Labute approximate surface area is 157 Å². The van der Waals surface area contributed by atoms with Gasteiger partial charge in [-0.3, -0.25) is 13.9 Å². The number of carbonyl (C=O) groups is 1.